The summed E-state index contributed by atoms with van der Waals surface area (Å²) in [6.45, 7) is 8.25. The SMILES string of the molecule is CCOc1c(C)cccc1[C@@H](C)CC(=O)Nc1sc2c(c1C#N)CCNC2. The summed E-state index contributed by atoms with van der Waals surface area (Å²) in [6, 6.07) is 8.31. The van der Waals surface area contributed by atoms with Crippen molar-refractivity contribution in [3.05, 3.63) is 45.3 Å². The summed E-state index contributed by atoms with van der Waals surface area (Å²) in [6.07, 6.45) is 1.18. The highest BCUT2D eigenvalue weighted by atomic mass is 32.1. The summed E-state index contributed by atoms with van der Waals surface area (Å²) in [4.78, 5) is 13.8. The number of nitrogens with one attached hydrogen (secondary N) is 2. The molecule has 1 aliphatic rings. The second-order valence-corrected chi connectivity index (χ2v) is 7.93. The molecular weight excluding hydrogens is 358 g/mol. The summed E-state index contributed by atoms with van der Waals surface area (Å²) < 4.78 is 5.80. The van der Waals surface area contributed by atoms with Gasteiger partial charge >= 0.3 is 0 Å². The number of carbonyl (C=O) groups is 1. The third-order valence-corrected chi connectivity index (χ3v) is 5.99. The van der Waals surface area contributed by atoms with Crippen molar-refractivity contribution in [3.8, 4) is 11.8 Å². The third kappa shape index (κ3) is 4.15. The predicted octanol–water partition coefficient (Wildman–Crippen LogP) is 4.10. The summed E-state index contributed by atoms with van der Waals surface area (Å²) >= 11 is 1.51. The first-order chi connectivity index (χ1) is 13.0. The molecule has 0 saturated heterocycles. The molecule has 0 spiro atoms. The summed E-state index contributed by atoms with van der Waals surface area (Å²) in [7, 11) is 0. The molecular formula is C21H25N3O2S. The maximum Gasteiger partial charge on any atom is 0.225 e. The Kier molecular flexibility index (Phi) is 6.15. The number of hydrogen-bond donors (Lipinski definition) is 2. The Hall–Kier alpha value is -2.36. The van der Waals surface area contributed by atoms with Gasteiger partial charge in [-0.15, -0.1) is 11.3 Å². The van der Waals surface area contributed by atoms with Gasteiger partial charge in [0.1, 0.15) is 16.8 Å². The van der Waals surface area contributed by atoms with Crippen LogP contribution in [0.2, 0.25) is 0 Å². The molecule has 27 heavy (non-hydrogen) atoms. The van der Waals surface area contributed by atoms with E-state index in [-0.39, 0.29) is 11.8 Å². The number of para-hydroxylation sites is 1. The lowest BCUT2D eigenvalue weighted by Crippen LogP contribution is -2.22. The van der Waals surface area contributed by atoms with E-state index in [0.717, 1.165) is 46.8 Å². The number of carbonyl (C=O) groups excluding carboxylic acids is 1. The molecule has 2 heterocycles. The molecule has 0 bridgehead atoms. The van der Waals surface area contributed by atoms with Crippen molar-refractivity contribution in [2.75, 3.05) is 18.5 Å². The van der Waals surface area contributed by atoms with Crippen LogP contribution in [0.5, 0.6) is 5.75 Å². The first kappa shape index (κ1) is 19.4. The van der Waals surface area contributed by atoms with Gasteiger partial charge in [-0.1, -0.05) is 25.1 Å². The number of hydrogen-bond acceptors (Lipinski definition) is 5. The normalized spacial score (nSPS) is 14.1. The van der Waals surface area contributed by atoms with E-state index in [1.165, 1.54) is 11.3 Å². The van der Waals surface area contributed by atoms with Crippen LogP contribution in [0.15, 0.2) is 18.2 Å². The van der Waals surface area contributed by atoms with E-state index in [1.54, 1.807) is 0 Å². The number of ether oxygens (including phenoxy) is 1. The van der Waals surface area contributed by atoms with E-state index in [9.17, 15) is 10.1 Å². The average Bonchev–Trinajstić information content (AvgIpc) is 3.00. The second kappa shape index (κ2) is 8.55. The first-order valence-corrected chi connectivity index (χ1v) is 10.1. The van der Waals surface area contributed by atoms with Gasteiger partial charge in [-0.2, -0.15) is 5.26 Å². The van der Waals surface area contributed by atoms with Gasteiger partial charge < -0.3 is 15.4 Å². The molecule has 0 radical (unpaired) electrons. The quantitative estimate of drug-likeness (QED) is 0.787. The summed E-state index contributed by atoms with van der Waals surface area (Å²) in [5.74, 6) is 0.818. The van der Waals surface area contributed by atoms with E-state index >= 15 is 0 Å². The molecule has 2 aromatic rings. The fourth-order valence-corrected chi connectivity index (χ4v) is 4.70. The highest BCUT2D eigenvalue weighted by molar-refractivity contribution is 7.16. The Labute approximate surface area is 164 Å². The monoisotopic (exact) mass is 383 g/mol. The van der Waals surface area contributed by atoms with Crippen molar-refractivity contribution in [2.45, 2.75) is 46.1 Å². The number of nitriles is 1. The van der Waals surface area contributed by atoms with E-state index in [1.807, 2.05) is 39.0 Å². The first-order valence-electron chi connectivity index (χ1n) is 9.32. The molecule has 0 fully saturated rings. The number of aryl methyl sites for hydroxylation is 1. The minimum atomic E-state index is -0.0745. The molecule has 1 amide bonds. The molecule has 0 aliphatic carbocycles. The Bertz CT molecular complexity index is 882. The molecule has 0 unspecified atom stereocenters. The number of benzene rings is 1. The molecule has 1 aromatic carbocycles. The standard InChI is InChI=1S/C21H25N3O2S/c1-4-26-20-13(2)6-5-7-15(20)14(3)10-19(25)24-21-17(11-22)16-8-9-23-12-18(16)27-21/h5-7,14,23H,4,8-10,12H2,1-3H3,(H,24,25)/t14-/m0/s1. The largest absolute Gasteiger partial charge is 0.493 e. The minimum absolute atomic E-state index is 0.0215. The van der Waals surface area contributed by atoms with E-state index in [4.69, 9.17) is 4.74 Å². The zero-order valence-electron chi connectivity index (χ0n) is 16.0. The Balaban J connectivity index is 1.75. The molecule has 5 nitrogen and oxygen atoms in total. The average molecular weight is 384 g/mol. The van der Waals surface area contributed by atoms with Gasteiger partial charge in [-0.05, 0) is 49.4 Å². The van der Waals surface area contributed by atoms with Crippen molar-refractivity contribution in [3.63, 3.8) is 0 Å². The van der Waals surface area contributed by atoms with Crippen molar-refractivity contribution in [2.24, 2.45) is 0 Å². The van der Waals surface area contributed by atoms with Crippen LogP contribution in [0, 0.1) is 18.3 Å². The van der Waals surface area contributed by atoms with Gasteiger partial charge in [0.05, 0.1) is 12.2 Å². The molecule has 2 N–H and O–H groups in total. The highest BCUT2D eigenvalue weighted by Gasteiger charge is 2.23. The Morgan fingerprint density at radius 3 is 3.04 bits per heavy atom. The predicted molar refractivity (Wildman–Crippen MR) is 108 cm³/mol. The number of anilines is 1. The fraction of sp³-hybridized carbons (Fsp3) is 0.429. The summed E-state index contributed by atoms with van der Waals surface area (Å²) in [5.41, 5.74) is 3.83. The zero-order valence-corrected chi connectivity index (χ0v) is 16.8. The van der Waals surface area contributed by atoms with Gasteiger partial charge in [-0.25, -0.2) is 0 Å². The zero-order chi connectivity index (χ0) is 19.4. The molecule has 142 valence electrons. The topological polar surface area (TPSA) is 74.1 Å². The highest BCUT2D eigenvalue weighted by Crippen LogP contribution is 2.36. The molecule has 1 aromatic heterocycles. The van der Waals surface area contributed by atoms with Crippen LogP contribution in [0.4, 0.5) is 5.00 Å². The fourth-order valence-electron chi connectivity index (χ4n) is 3.51. The lowest BCUT2D eigenvalue weighted by atomic mass is 9.94. The lowest BCUT2D eigenvalue weighted by Gasteiger charge is -2.18. The van der Waals surface area contributed by atoms with E-state index in [0.29, 0.717) is 23.6 Å². The van der Waals surface area contributed by atoms with Gasteiger partial charge in [0.15, 0.2) is 0 Å². The van der Waals surface area contributed by atoms with Crippen LogP contribution in [0.3, 0.4) is 0 Å². The third-order valence-electron chi connectivity index (χ3n) is 4.85. The van der Waals surface area contributed by atoms with E-state index in [2.05, 4.69) is 16.7 Å². The van der Waals surface area contributed by atoms with Crippen molar-refractivity contribution in [1.82, 2.24) is 5.32 Å². The van der Waals surface area contributed by atoms with Gasteiger partial charge in [0, 0.05) is 17.8 Å². The van der Waals surface area contributed by atoms with Gasteiger partial charge in [-0.3, -0.25) is 4.79 Å². The van der Waals surface area contributed by atoms with Crippen molar-refractivity contribution >= 4 is 22.2 Å². The second-order valence-electron chi connectivity index (χ2n) is 6.83. The number of fused-ring (bicyclic) bond motifs is 1. The number of nitrogens with zero attached hydrogens (tertiary/aromatic N) is 1. The Morgan fingerprint density at radius 1 is 1.48 bits per heavy atom. The maximum atomic E-state index is 12.7. The minimum Gasteiger partial charge on any atom is -0.493 e. The summed E-state index contributed by atoms with van der Waals surface area (Å²) in [5, 5.41) is 16.5. The van der Waals surface area contributed by atoms with Gasteiger partial charge in [0.2, 0.25) is 5.91 Å². The van der Waals surface area contributed by atoms with E-state index < -0.39 is 0 Å². The Morgan fingerprint density at radius 2 is 2.30 bits per heavy atom. The number of thiophene rings is 1. The van der Waals surface area contributed by atoms with Crippen LogP contribution in [0.25, 0.3) is 0 Å². The van der Waals surface area contributed by atoms with Crippen LogP contribution in [-0.2, 0) is 17.8 Å². The van der Waals surface area contributed by atoms with Crippen molar-refractivity contribution < 1.29 is 9.53 Å². The molecule has 0 saturated carbocycles. The van der Waals surface area contributed by atoms with Gasteiger partial charge in [0.25, 0.3) is 0 Å². The molecule has 1 atom stereocenters. The molecule has 3 rings (SSSR count). The number of rotatable bonds is 6. The molecule has 1 aliphatic heterocycles. The molecule has 6 heteroatoms. The maximum absolute atomic E-state index is 12.7. The van der Waals surface area contributed by atoms with Crippen LogP contribution < -0.4 is 15.4 Å². The van der Waals surface area contributed by atoms with Crippen molar-refractivity contribution in [1.29, 1.82) is 5.26 Å². The smallest absolute Gasteiger partial charge is 0.225 e. The van der Waals surface area contributed by atoms with Crippen LogP contribution in [0.1, 0.15) is 53.3 Å². The lowest BCUT2D eigenvalue weighted by molar-refractivity contribution is -0.116. The van der Waals surface area contributed by atoms with Crippen LogP contribution >= 0.6 is 11.3 Å². The number of amides is 1. The van der Waals surface area contributed by atoms with Crippen LogP contribution in [-0.4, -0.2) is 19.1 Å².